The zero-order chi connectivity index (χ0) is 15.4. The van der Waals surface area contributed by atoms with Gasteiger partial charge in [0.25, 0.3) is 11.8 Å². The number of carbonyl (C=O) groups is 2. The summed E-state index contributed by atoms with van der Waals surface area (Å²) in [6.45, 7) is 3.80. The van der Waals surface area contributed by atoms with E-state index in [2.05, 4.69) is 15.8 Å². The van der Waals surface area contributed by atoms with Crippen molar-refractivity contribution in [3.05, 3.63) is 52.4 Å². The standard InChI is InChI=1S/C15H17N3O3/c1-9-13(10(2)21-18-9)15(20)17-8-11-4-6-12(7-5-11)14(19)16-3/h4-7H,8H2,1-3H3,(H,16,19)(H,17,20). The Bertz CT molecular complexity index is 640. The van der Waals surface area contributed by atoms with Crippen molar-refractivity contribution >= 4 is 11.8 Å². The molecule has 0 saturated heterocycles. The van der Waals surface area contributed by atoms with E-state index in [0.717, 1.165) is 5.56 Å². The highest BCUT2D eigenvalue weighted by molar-refractivity contribution is 5.96. The Morgan fingerprint density at radius 2 is 1.81 bits per heavy atom. The molecule has 1 aromatic carbocycles. The summed E-state index contributed by atoms with van der Waals surface area (Å²) in [7, 11) is 1.58. The number of hydrogen-bond acceptors (Lipinski definition) is 4. The first kappa shape index (κ1) is 14.8. The Hall–Kier alpha value is -2.63. The molecular weight excluding hydrogens is 270 g/mol. The summed E-state index contributed by atoms with van der Waals surface area (Å²) in [5.74, 6) is 0.142. The minimum Gasteiger partial charge on any atom is -0.361 e. The summed E-state index contributed by atoms with van der Waals surface area (Å²) >= 11 is 0. The third kappa shape index (κ3) is 3.28. The van der Waals surface area contributed by atoms with Crippen LogP contribution in [0.15, 0.2) is 28.8 Å². The van der Waals surface area contributed by atoms with Crippen molar-refractivity contribution in [2.45, 2.75) is 20.4 Å². The van der Waals surface area contributed by atoms with E-state index in [1.807, 2.05) is 0 Å². The molecule has 0 fully saturated rings. The van der Waals surface area contributed by atoms with Crippen molar-refractivity contribution in [1.29, 1.82) is 0 Å². The highest BCUT2D eigenvalue weighted by atomic mass is 16.5. The third-order valence-corrected chi connectivity index (χ3v) is 3.16. The number of amides is 2. The summed E-state index contributed by atoms with van der Waals surface area (Å²) in [5, 5.41) is 9.11. The van der Waals surface area contributed by atoms with Crippen molar-refractivity contribution in [1.82, 2.24) is 15.8 Å². The van der Waals surface area contributed by atoms with Crippen molar-refractivity contribution < 1.29 is 14.1 Å². The third-order valence-electron chi connectivity index (χ3n) is 3.16. The number of aromatic nitrogens is 1. The van der Waals surface area contributed by atoms with Gasteiger partial charge in [0.2, 0.25) is 0 Å². The first-order valence-corrected chi connectivity index (χ1v) is 6.55. The largest absolute Gasteiger partial charge is 0.361 e. The zero-order valence-electron chi connectivity index (χ0n) is 12.2. The maximum atomic E-state index is 12.1. The van der Waals surface area contributed by atoms with E-state index in [1.54, 1.807) is 45.2 Å². The fraction of sp³-hybridized carbons (Fsp3) is 0.267. The number of rotatable bonds is 4. The molecule has 0 bridgehead atoms. The van der Waals surface area contributed by atoms with Crippen LogP contribution in [0.2, 0.25) is 0 Å². The fourth-order valence-electron chi connectivity index (χ4n) is 2.00. The fourth-order valence-corrected chi connectivity index (χ4v) is 2.00. The van der Waals surface area contributed by atoms with E-state index >= 15 is 0 Å². The van der Waals surface area contributed by atoms with Gasteiger partial charge in [0, 0.05) is 19.2 Å². The number of carbonyl (C=O) groups excluding carboxylic acids is 2. The Morgan fingerprint density at radius 3 is 2.33 bits per heavy atom. The van der Waals surface area contributed by atoms with Gasteiger partial charge in [-0.1, -0.05) is 17.3 Å². The molecular formula is C15H17N3O3. The van der Waals surface area contributed by atoms with Crippen molar-refractivity contribution in [3.8, 4) is 0 Å². The van der Waals surface area contributed by atoms with Gasteiger partial charge in [-0.3, -0.25) is 9.59 Å². The van der Waals surface area contributed by atoms with E-state index in [-0.39, 0.29) is 11.8 Å². The van der Waals surface area contributed by atoms with E-state index in [4.69, 9.17) is 4.52 Å². The Morgan fingerprint density at radius 1 is 1.14 bits per heavy atom. The predicted molar refractivity (Wildman–Crippen MR) is 77.0 cm³/mol. The van der Waals surface area contributed by atoms with E-state index in [0.29, 0.717) is 29.1 Å². The van der Waals surface area contributed by atoms with Gasteiger partial charge in [0.05, 0.1) is 5.69 Å². The molecule has 0 spiro atoms. The number of nitrogens with zero attached hydrogens (tertiary/aromatic N) is 1. The lowest BCUT2D eigenvalue weighted by molar-refractivity contribution is 0.0944. The van der Waals surface area contributed by atoms with Gasteiger partial charge >= 0.3 is 0 Å². The second kappa shape index (κ2) is 6.21. The number of aryl methyl sites for hydroxylation is 2. The van der Waals surface area contributed by atoms with Gasteiger partial charge in [0.15, 0.2) is 0 Å². The Balaban J connectivity index is 2.00. The SMILES string of the molecule is CNC(=O)c1ccc(CNC(=O)c2c(C)noc2C)cc1. The molecule has 0 unspecified atom stereocenters. The second-order valence-corrected chi connectivity index (χ2v) is 4.66. The molecule has 2 rings (SSSR count). The predicted octanol–water partition coefficient (Wildman–Crippen LogP) is 1.58. The minimum atomic E-state index is -0.221. The smallest absolute Gasteiger partial charge is 0.257 e. The average molecular weight is 287 g/mol. The van der Waals surface area contributed by atoms with Gasteiger partial charge in [-0.05, 0) is 31.5 Å². The Labute approximate surface area is 122 Å². The van der Waals surface area contributed by atoms with Crippen LogP contribution in [0.1, 0.15) is 37.7 Å². The molecule has 110 valence electrons. The lowest BCUT2D eigenvalue weighted by atomic mass is 10.1. The van der Waals surface area contributed by atoms with Crippen LogP contribution in [0, 0.1) is 13.8 Å². The van der Waals surface area contributed by atoms with Gasteiger partial charge in [-0.15, -0.1) is 0 Å². The summed E-state index contributed by atoms with van der Waals surface area (Å²) in [4.78, 5) is 23.5. The minimum absolute atomic E-state index is 0.138. The van der Waals surface area contributed by atoms with Gasteiger partial charge in [-0.2, -0.15) is 0 Å². The molecule has 2 N–H and O–H groups in total. The van der Waals surface area contributed by atoms with Crippen LogP contribution in [0.25, 0.3) is 0 Å². The summed E-state index contributed by atoms with van der Waals surface area (Å²) in [6, 6.07) is 7.04. The van der Waals surface area contributed by atoms with Crippen molar-refractivity contribution in [2.24, 2.45) is 0 Å². The zero-order valence-corrected chi connectivity index (χ0v) is 12.2. The van der Waals surface area contributed by atoms with Crippen LogP contribution in [0.5, 0.6) is 0 Å². The molecule has 0 saturated carbocycles. The van der Waals surface area contributed by atoms with Crippen LogP contribution in [0.3, 0.4) is 0 Å². The lowest BCUT2D eigenvalue weighted by Crippen LogP contribution is -2.24. The van der Waals surface area contributed by atoms with E-state index < -0.39 is 0 Å². The van der Waals surface area contributed by atoms with Crippen LogP contribution in [0.4, 0.5) is 0 Å². The number of nitrogens with one attached hydrogen (secondary N) is 2. The molecule has 0 aliphatic heterocycles. The number of hydrogen-bond donors (Lipinski definition) is 2. The van der Waals surface area contributed by atoms with E-state index in [9.17, 15) is 9.59 Å². The van der Waals surface area contributed by atoms with Gasteiger partial charge < -0.3 is 15.2 Å². The molecule has 1 heterocycles. The molecule has 1 aromatic heterocycles. The number of benzene rings is 1. The van der Waals surface area contributed by atoms with Crippen molar-refractivity contribution in [2.75, 3.05) is 7.05 Å². The topological polar surface area (TPSA) is 84.2 Å². The van der Waals surface area contributed by atoms with Crippen LogP contribution < -0.4 is 10.6 Å². The first-order valence-electron chi connectivity index (χ1n) is 6.55. The first-order chi connectivity index (χ1) is 10.0. The summed E-state index contributed by atoms with van der Waals surface area (Å²) in [6.07, 6.45) is 0. The Kier molecular flexibility index (Phi) is 4.37. The average Bonchev–Trinajstić information content (AvgIpc) is 2.83. The lowest BCUT2D eigenvalue weighted by Gasteiger charge is -2.06. The highest BCUT2D eigenvalue weighted by Crippen LogP contribution is 2.12. The molecule has 21 heavy (non-hydrogen) atoms. The maximum Gasteiger partial charge on any atom is 0.257 e. The van der Waals surface area contributed by atoms with Gasteiger partial charge in [-0.25, -0.2) is 0 Å². The molecule has 0 aliphatic carbocycles. The highest BCUT2D eigenvalue weighted by Gasteiger charge is 2.16. The maximum absolute atomic E-state index is 12.1. The summed E-state index contributed by atoms with van der Waals surface area (Å²) in [5.41, 5.74) is 2.53. The molecule has 2 amide bonds. The molecule has 6 heteroatoms. The second-order valence-electron chi connectivity index (χ2n) is 4.66. The van der Waals surface area contributed by atoms with E-state index in [1.165, 1.54) is 0 Å². The molecule has 0 radical (unpaired) electrons. The molecule has 6 nitrogen and oxygen atoms in total. The van der Waals surface area contributed by atoms with Crippen LogP contribution in [-0.2, 0) is 6.54 Å². The van der Waals surface area contributed by atoms with Crippen LogP contribution >= 0.6 is 0 Å². The molecule has 0 aliphatic rings. The van der Waals surface area contributed by atoms with Crippen LogP contribution in [-0.4, -0.2) is 24.0 Å². The molecule has 2 aromatic rings. The normalized spacial score (nSPS) is 10.2. The monoisotopic (exact) mass is 287 g/mol. The van der Waals surface area contributed by atoms with Gasteiger partial charge in [0.1, 0.15) is 11.3 Å². The summed E-state index contributed by atoms with van der Waals surface area (Å²) < 4.78 is 4.97. The molecule has 0 atom stereocenters. The van der Waals surface area contributed by atoms with Crippen molar-refractivity contribution in [3.63, 3.8) is 0 Å². The quantitative estimate of drug-likeness (QED) is 0.894.